The number of hydrogen-bond donors (Lipinski definition) is 3. The Morgan fingerprint density at radius 3 is 3.00 bits per heavy atom. The molecule has 0 aromatic carbocycles. The lowest BCUT2D eigenvalue weighted by Crippen LogP contribution is -2.33. The standard InChI is InChI=1S/C8H12N4O/c9-8(13)12-5-4-11-7-2-1-3-10-6-7/h1-3,6,11H,4-5H2,(H3,9,12,13). The van der Waals surface area contributed by atoms with Crippen LogP contribution in [-0.2, 0) is 0 Å². The van der Waals surface area contributed by atoms with E-state index in [9.17, 15) is 4.79 Å². The number of urea groups is 1. The van der Waals surface area contributed by atoms with E-state index in [1.807, 2.05) is 12.1 Å². The molecule has 5 nitrogen and oxygen atoms in total. The van der Waals surface area contributed by atoms with Gasteiger partial charge in [0.2, 0.25) is 0 Å². The fourth-order valence-corrected chi connectivity index (χ4v) is 0.860. The van der Waals surface area contributed by atoms with Crippen molar-refractivity contribution in [3.05, 3.63) is 24.5 Å². The molecule has 1 aromatic rings. The summed E-state index contributed by atoms with van der Waals surface area (Å²) < 4.78 is 0. The Labute approximate surface area is 76.3 Å². The van der Waals surface area contributed by atoms with Crippen LogP contribution < -0.4 is 16.4 Å². The van der Waals surface area contributed by atoms with E-state index >= 15 is 0 Å². The largest absolute Gasteiger partial charge is 0.382 e. The maximum Gasteiger partial charge on any atom is 0.312 e. The number of anilines is 1. The van der Waals surface area contributed by atoms with Crippen LogP contribution in [0.5, 0.6) is 0 Å². The van der Waals surface area contributed by atoms with Crippen molar-refractivity contribution in [3.63, 3.8) is 0 Å². The fraction of sp³-hybridized carbons (Fsp3) is 0.250. The summed E-state index contributed by atoms with van der Waals surface area (Å²) in [4.78, 5) is 14.2. The van der Waals surface area contributed by atoms with E-state index in [2.05, 4.69) is 15.6 Å². The first kappa shape index (κ1) is 9.31. The van der Waals surface area contributed by atoms with Crippen LogP contribution in [0.3, 0.4) is 0 Å². The van der Waals surface area contributed by atoms with Crippen LogP contribution in [-0.4, -0.2) is 24.1 Å². The smallest absolute Gasteiger partial charge is 0.312 e. The molecule has 0 unspecified atom stereocenters. The molecule has 0 aliphatic carbocycles. The van der Waals surface area contributed by atoms with Gasteiger partial charge in [0, 0.05) is 25.5 Å². The number of nitrogens with two attached hydrogens (primary N) is 1. The van der Waals surface area contributed by atoms with E-state index in [1.165, 1.54) is 0 Å². The molecule has 0 radical (unpaired) electrons. The van der Waals surface area contributed by atoms with Gasteiger partial charge in [-0.25, -0.2) is 4.79 Å². The summed E-state index contributed by atoms with van der Waals surface area (Å²) in [5.41, 5.74) is 5.81. The molecule has 4 N–H and O–H groups in total. The normalized spacial score (nSPS) is 9.23. The minimum absolute atomic E-state index is 0.504. The van der Waals surface area contributed by atoms with Crippen LogP contribution in [0.1, 0.15) is 0 Å². The average Bonchev–Trinajstić information content (AvgIpc) is 2.14. The highest BCUT2D eigenvalue weighted by Crippen LogP contribution is 2.00. The molecule has 0 aliphatic heterocycles. The molecule has 0 bridgehead atoms. The first-order valence-corrected chi connectivity index (χ1v) is 3.96. The molecule has 0 aliphatic rings. The Morgan fingerprint density at radius 2 is 2.38 bits per heavy atom. The zero-order valence-electron chi connectivity index (χ0n) is 7.16. The van der Waals surface area contributed by atoms with E-state index in [0.29, 0.717) is 13.1 Å². The Morgan fingerprint density at radius 1 is 1.54 bits per heavy atom. The number of carbonyl (C=O) groups is 1. The van der Waals surface area contributed by atoms with Crippen LogP contribution >= 0.6 is 0 Å². The van der Waals surface area contributed by atoms with Crippen molar-refractivity contribution < 1.29 is 4.79 Å². The molecule has 2 amide bonds. The van der Waals surface area contributed by atoms with Crippen molar-refractivity contribution in [3.8, 4) is 0 Å². The summed E-state index contributed by atoms with van der Waals surface area (Å²) in [6, 6.07) is 3.23. The molecule has 1 aromatic heterocycles. The molecule has 1 heterocycles. The molecular weight excluding hydrogens is 168 g/mol. The van der Waals surface area contributed by atoms with Gasteiger partial charge in [-0.1, -0.05) is 0 Å². The van der Waals surface area contributed by atoms with Gasteiger partial charge in [-0.05, 0) is 12.1 Å². The van der Waals surface area contributed by atoms with Gasteiger partial charge in [0.15, 0.2) is 0 Å². The molecule has 0 atom stereocenters. The second-order valence-corrected chi connectivity index (χ2v) is 2.46. The zero-order chi connectivity index (χ0) is 9.52. The van der Waals surface area contributed by atoms with Crippen molar-refractivity contribution >= 4 is 11.7 Å². The number of nitrogens with one attached hydrogen (secondary N) is 2. The van der Waals surface area contributed by atoms with Crippen molar-refractivity contribution in [1.82, 2.24) is 10.3 Å². The first-order valence-electron chi connectivity index (χ1n) is 3.96. The molecule has 70 valence electrons. The quantitative estimate of drug-likeness (QED) is 0.577. The molecule has 1 rings (SSSR count). The molecule has 0 fully saturated rings. The van der Waals surface area contributed by atoms with Crippen LogP contribution in [0, 0.1) is 0 Å². The highest BCUT2D eigenvalue weighted by molar-refractivity contribution is 5.71. The number of rotatable bonds is 4. The van der Waals surface area contributed by atoms with E-state index in [1.54, 1.807) is 12.4 Å². The Kier molecular flexibility index (Phi) is 3.56. The maximum absolute atomic E-state index is 10.3. The molecule has 0 saturated heterocycles. The topological polar surface area (TPSA) is 80.0 Å². The molecule has 5 heteroatoms. The van der Waals surface area contributed by atoms with Gasteiger partial charge in [-0.15, -0.1) is 0 Å². The second kappa shape index (κ2) is 4.97. The number of aromatic nitrogens is 1. The van der Waals surface area contributed by atoms with E-state index < -0.39 is 6.03 Å². The summed E-state index contributed by atoms with van der Waals surface area (Å²) in [6.45, 7) is 1.14. The van der Waals surface area contributed by atoms with E-state index in [4.69, 9.17) is 5.73 Å². The lowest BCUT2D eigenvalue weighted by molar-refractivity contribution is 0.249. The summed E-state index contributed by atoms with van der Waals surface area (Å²) in [7, 11) is 0. The lowest BCUT2D eigenvalue weighted by Gasteiger charge is -2.04. The minimum Gasteiger partial charge on any atom is -0.382 e. The van der Waals surface area contributed by atoms with Gasteiger partial charge in [0.1, 0.15) is 0 Å². The predicted molar refractivity (Wildman–Crippen MR) is 50.3 cm³/mol. The Hall–Kier alpha value is -1.78. The third kappa shape index (κ3) is 3.95. The van der Waals surface area contributed by atoms with Gasteiger partial charge in [-0.2, -0.15) is 0 Å². The monoisotopic (exact) mass is 180 g/mol. The maximum atomic E-state index is 10.3. The van der Waals surface area contributed by atoms with Crippen molar-refractivity contribution in [1.29, 1.82) is 0 Å². The third-order valence-corrected chi connectivity index (χ3v) is 1.41. The summed E-state index contributed by atoms with van der Waals surface area (Å²) in [6.07, 6.45) is 3.41. The summed E-state index contributed by atoms with van der Waals surface area (Å²) in [5.74, 6) is 0. The molecular formula is C8H12N4O. The molecule has 0 saturated carbocycles. The number of carbonyl (C=O) groups excluding carboxylic acids is 1. The SMILES string of the molecule is NC(=O)NCCNc1cccnc1. The molecule has 0 spiro atoms. The number of nitrogens with zero attached hydrogens (tertiary/aromatic N) is 1. The highest BCUT2D eigenvalue weighted by atomic mass is 16.2. The van der Waals surface area contributed by atoms with Crippen LogP contribution in [0.2, 0.25) is 0 Å². The summed E-state index contributed by atoms with van der Waals surface area (Å²) >= 11 is 0. The zero-order valence-corrected chi connectivity index (χ0v) is 7.16. The number of amides is 2. The van der Waals surface area contributed by atoms with Crippen LogP contribution in [0.25, 0.3) is 0 Å². The van der Waals surface area contributed by atoms with Gasteiger partial charge < -0.3 is 16.4 Å². The van der Waals surface area contributed by atoms with Gasteiger partial charge >= 0.3 is 6.03 Å². The second-order valence-electron chi connectivity index (χ2n) is 2.46. The van der Waals surface area contributed by atoms with Crippen molar-refractivity contribution in [2.24, 2.45) is 5.73 Å². The lowest BCUT2D eigenvalue weighted by atomic mass is 10.4. The molecule has 13 heavy (non-hydrogen) atoms. The summed E-state index contributed by atoms with van der Waals surface area (Å²) in [5, 5.41) is 5.54. The van der Waals surface area contributed by atoms with Crippen molar-refractivity contribution in [2.75, 3.05) is 18.4 Å². The number of pyridine rings is 1. The van der Waals surface area contributed by atoms with E-state index in [0.717, 1.165) is 5.69 Å². The third-order valence-electron chi connectivity index (χ3n) is 1.41. The number of hydrogen-bond acceptors (Lipinski definition) is 3. The van der Waals surface area contributed by atoms with Crippen molar-refractivity contribution in [2.45, 2.75) is 0 Å². The van der Waals surface area contributed by atoms with Crippen LogP contribution in [0.4, 0.5) is 10.5 Å². The van der Waals surface area contributed by atoms with Gasteiger partial charge in [0.25, 0.3) is 0 Å². The minimum atomic E-state index is -0.506. The fourth-order valence-electron chi connectivity index (χ4n) is 0.860. The number of primary amides is 1. The van der Waals surface area contributed by atoms with Gasteiger partial charge in [0.05, 0.1) is 5.69 Å². The van der Waals surface area contributed by atoms with E-state index in [-0.39, 0.29) is 0 Å². The first-order chi connectivity index (χ1) is 6.29. The Bertz CT molecular complexity index is 262. The highest BCUT2D eigenvalue weighted by Gasteiger charge is 1.91. The predicted octanol–water partition coefficient (Wildman–Crippen LogP) is 0.162. The van der Waals surface area contributed by atoms with Crippen LogP contribution in [0.15, 0.2) is 24.5 Å². The van der Waals surface area contributed by atoms with Gasteiger partial charge in [-0.3, -0.25) is 4.98 Å². The average molecular weight is 180 g/mol. The Balaban J connectivity index is 2.17.